The molecule has 0 aliphatic carbocycles. The highest BCUT2D eigenvalue weighted by Gasteiger charge is 2.41. The molecule has 2 N–H and O–H groups in total. The second kappa shape index (κ2) is 11.2. The number of likely N-dealkylation sites (tertiary alicyclic amines) is 2. The number of nitrogens with one attached hydrogen (secondary N) is 1. The first kappa shape index (κ1) is 27.0. The van der Waals surface area contributed by atoms with Crippen LogP contribution in [0.4, 0.5) is 4.79 Å². The number of carbonyl (C=O) groups is 3. The Morgan fingerprint density at radius 2 is 1.72 bits per heavy atom. The Bertz CT molecular complexity index is 996. The van der Waals surface area contributed by atoms with Crippen LogP contribution in [-0.4, -0.2) is 77.7 Å². The molecule has 0 saturated carbocycles. The summed E-state index contributed by atoms with van der Waals surface area (Å²) < 4.78 is 5.76. The highest BCUT2D eigenvalue weighted by atomic mass is 35.5. The fraction of sp³-hybridized carbons (Fsp3) is 0.654. The average molecular weight is 540 g/mol. The molecule has 10 heteroatoms. The van der Waals surface area contributed by atoms with Gasteiger partial charge in [-0.3, -0.25) is 9.59 Å². The summed E-state index contributed by atoms with van der Waals surface area (Å²) in [5, 5.41) is 12.5. The van der Waals surface area contributed by atoms with Crippen molar-refractivity contribution in [3.8, 4) is 0 Å². The number of benzene rings is 1. The van der Waals surface area contributed by atoms with E-state index in [2.05, 4.69) is 5.32 Å². The van der Waals surface area contributed by atoms with Crippen LogP contribution < -0.4 is 5.32 Å². The number of amides is 3. The zero-order chi connectivity index (χ0) is 26.0. The molecule has 36 heavy (non-hydrogen) atoms. The normalized spacial score (nSPS) is 26.6. The summed E-state index contributed by atoms with van der Waals surface area (Å²) in [6, 6.07) is 5.43. The molecule has 0 aromatic heterocycles. The van der Waals surface area contributed by atoms with E-state index in [4.69, 9.17) is 33.0 Å². The SMILES string of the molecule is CC1(C)CC(C(=O)N2CCC(C(=O)N3C[C@H](CNC(=O)O)[C@H](c4ccc(Cl)c(Cl)c4)C3)CC2)CCO1. The van der Waals surface area contributed by atoms with E-state index in [1.54, 1.807) is 12.1 Å². The molecule has 1 aromatic rings. The third-order valence-electron chi connectivity index (χ3n) is 7.84. The summed E-state index contributed by atoms with van der Waals surface area (Å²) >= 11 is 12.3. The van der Waals surface area contributed by atoms with Gasteiger partial charge in [-0.25, -0.2) is 4.79 Å². The standard InChI is InChI=1S/C26H35Cl2N3O5/c1-26(2)12-18(7-10-36-26)24(33)30-8-5-16(6-9-30)23(32)31-14-19(13-29-25(34)35)20(15-31)17-3-4-21(27)22(28)11-17/h3-4,11,16,18-20,29H,5-10,12-15H2,1-2H3,(H,34,35)/t18?,19-,20-/m0/s1. The predicted molar refractivity (Wildman–Crippen MR) is 137 cm³/mol. The van der Waals surface area contributed by atoms with Crippen molar-refractivity contribution in [2.45, 2.75) is 51.0 Å². The maximum absolute atomic E-state index is 13.5. The fourth-order valence-electron chi connectivity index (χ4n) is 5.90. The van der Waals surface area contributed by atoms with Gasteiger partial charge >= 0.3 is 6.09 Å². The van der Waals surface area contributed by atoms with Gasteiger partial charge in [0, 0.05) is 63.0 Å². The van der Waals surface area contributed by atoms with Crippen molar-refractivity contribution < 1.29 is 24.2 Å². The van der Waals surface area contributed by atoms with Crippen molar-refractivity contribution in [2.24, 2.45) is 17.8 Å². The largest absolute Gasteiger partial charge is 0.465 e. The topological polar surface area (TPSA) is 99.2 Å². The molecular weight excluding hydrogens is 505 g/mol. The molecule has 3 aliphatic heterocycles. The Kier molecular flexibility index (Phi) is 8.37. The lowest BCUT2D eigenvalue weighted by Crippen LogP contribution is -2.48. The minimum absolute atomic E-state index is 0.0194. The molecular formula is C26H35Cl2N3O5. The van der Waals surface area contributed by atoms with Gasteiger partial charge in [0.25, 0.3) is 0 Å². The minimum atomic E-state index is -1.09. The lowest BCUT2D eigenvalue weighted by molar-refractivity contribution is -0.148. The molecule has 1 aromatic carbocycles. The van der Waals surface area contributed by atoms with E-state index in [0.29, 0.717) is 55.7 Å². The van der Waals surface area contributed by atoms with Crippen molar-refractivity contribution >= 4 is 41.1 Å². The molecule has 3 atom stereocenters. The van der Waals surface area contributed by atoms with Crippen molar-refractivity contribution in [1.82, 2.24) is 15.1 Å². The quantitative estimate of drug-likeness (QED) is 0.582. The molecule has 3 saturated heterocycles. The zero-order valence-electron chi connectivity index (χ0n) is 20.8. The van der Waals surface area contributed by atoms with Crippen molar-refractivity contribution in [2.75, 3.05) is 39.3 Å². The van der Waals surface area contributed by atoms with Gasteiger partial charge in [-0.1, -0.05) is 29.3 Å². The molecule has 3 heterocycles. The van der Waals surface area contributed by atoms with E-state index >= 15 is 0 Å². The van der Waals surface area contributed by atoms with Gasteiger partial charge in [0.05, 0.1) is 15.6 Å². The second-order valence-corrected chi connectivity index (χ2v) is 11.7. The third kappa shape index (κ3) is 6.26. The Morgan fingerprint density at radius 1 is 1.03 bits per heavy atom. The van der Waals surface area contributed by atoms with Crippen LogP contribution in [-0.2, 0) is 14.3 Å². The first-order valence-electron chi connectivity index (χ1n) is 12.7. The van der Waals surface area contributed by atoms with Gasteiger partial charge in [-0.2, -0.15) is 0 Å². The minimum Gasteiger partial charge on any atom is -0.465 e. The van der Waals surface area contributed by atoms with Crippen molar-refractivity contribution in [1.29, 1.82) is 0 Å². The Hall–Kier alpha value is -2.03. The summed E-state index contributed by atoms with van der Waals surface area (Å²) in [6.45, 7) is 7.04. The molecule has 3 aliphatic rings. The molecule has 0 spiro atoms. The van der Waals surface area contributed by atoms with Crippen LogP contribution in [0.3, 0.4) is 0 Å². The van der Waals surface area contributed by atoms with Gasteiger partial charge < -0.3 is 25.0 Å². The number of nitrogens with zero attached hydrogens (tertiary/aromatic N) is 2. The highest BCUT2D eigenvalue weighted by molar-refractivity contribution is 6.42. The van der Waals surface area contributed by atoms with Gasteiger partial charge in [0.15, 0.2) is 0 Å². The summed E-state index contributed by atoms with van der Waals surface area (Å²) in [7, 11) is 0. The van der Waals surface area contributed by atoms with Crippen LogP contribution in [0.15, 0.2) is 18.2 Å². The second-order valence-electron chi connectivity index (χ2n) is 10.9. The van der Waals surface area contributed by atoms with E-state index in [-0.39, 0.29) is 47.6 Å². The molecule has 8 nitrogen and oxygen atoms in total. The predicted octanol–water partition coefficient (Wildman–Crippen LogP) is 4.25. The Morgan fingerprint density at radius 3 is 2.36 bits per heavy atom. The summed E-state index contributed by atoms with van der Waals surface area (Å²) in [5.41, 5.74) is 0.663. The molecule has 3 amide bonds. The lowest BCUT2D eigenvalue weighted by atomic mass is 9.86. The molecule has 0 bridgehead atoms. The molecule has 1 unspecified atom stereocenters. The fourth-order valence-corrected chi connectivity index (χ4v) is 6.21. The molecule has 0 radical (unpaired) electrons. The number of hydrogen-bond donors (Lipinski definition) is 2. The molecule has 4 rings (SSSR count). The first-order valence-corrected chi connectivity index (χ1v) is 13.4. The Labute approximate surface area is 222 Å². The zero-order valence-corrected chi connectivity index (χ0v) is 22.4. The highest BCUT2D eigenvalue weighted by Crippen LogP contribution is 2.37. The lowest BCUT2D eigenvalue weighted by Gasteiger charge is -2.39. The number of carbonyl (C=O) groups excluding carboxylic acids is 2. The number of rotatable bonds is 5. The average Bonchev–Trinajstić information content (AvgIpc) is 3.27. The van der Waals surface area contributed by atoms with Gasteiger partial charge in [0.2, 0.25) is 11.8 Å². The van der Waals surface area contributed by atoms with Crippen molar-refractivity contribution in [3.05, 3.63) is 33.8 Å². The number of piperidine rings is 1. The molecule has 198 valence electrons. The van der Waals surface area contributed by atoms with Crippen LogP contribution in [0, 0.1) is 17.8 Å². The summed E-state index contributed by atoms with van der Waals surface area (Å²) in [4.78, 5) is 41.5. The van der Waals surface area contributed by atoms with E-state index in [0.717, 1.165) is 18.4 Å². The van der Waals surface area contributed by atoms with Gasteiger partial charge in [-0.05, 0) is 57.2 Å². The monoisotopic (exact) mass is 539 g/mol. The van der Waals surface area contributed by atoms with Crippen LogP contribution in [0.1, 0.15) is 51.0 Å². The van der Waals surface area contributed by atoms with E-state index in [9.17, 15) is 14.4 Å². The summed E-state index contributed by atoms with van der Waals surface area (Å²) in [5.74, 6) is -0.0140. The number of carboxylic acid groups (broad SMARTS) is 1. The van der Waals surface area contributed by atoms with E-state index in [1.165, 1.54) is 0 Å². The van der Waals surface area contributed by atoms with Crippen LogP contribution in [0.2, 0.25) is 10.0 Å². The van der Waals surface area contributed by atoms with Crippen LogP contribution in [0.5, 0.6) is 0 Å². The van der Waals surface area contributed by atoms with E-state index in [1.807, 2.05) is 29.7 Å². The molecule has 3 fully saturated rings. The summed E-state index contributed by atoms with van der Waals surface area (Å²) in [6.07, 6.45) is 1.67. The number of halogens is 2. The smallest absolute Gasteiger partial charge is 0.404 e. The number of ether oxygens (including phenoxy) is 1. The van der Waals surface area contributed by atoms with Crippen molar-refractivity contribution in [3.63, 3.8) is 0 Å². The van der Waals surface area contributed by atoms with Crippen LogP contribution in [0.25, 0.3) is 0 Å². The van der Waals surface area contributed by atoms with Gasteiger partial charge in [0.1, 0.15) is 0 Å². The maximum Gasteiger partial charge on any atom is 0.404 e. The maximum atomic E-state index is 13.5. The van der Waals surface area contributed by atoms with Crippen LogP contribution >= 0.6 is 23.2 Å². The first-order chi connectivity index (χ1) is 17.0. The Balaban J connectivity index is 1.37. The van der Waals surface area contributed by atoms with Gasteiger partial charge in [-0.15, -0.1) is 0 Å². The number of hydrogen-bond acceptors (Lipinski definition) is 4. The van der Waals surface area contributed by atoms with E-state index < -0.39 is 6.09 Å². The third-order valence-corrected chi connectivity index (χ3v) is 8.58.